The van der Waals surface area contributed by atoms with Gasteiger partial charge in [-0.25, -0.2) is 0 Å². The summed E-state index contributed by atoms with van der Waals surface area (Å²) >= 11 is 0. The number of carbonyl (C=O) groups excluding carboxylic acids is 1. The number of hydrogen-bond donors (Lipinski definition) is 2. The van der Waals surface area contributed by atoms with Gasteiger partial charge in [0.25, 0.3) is 0 Å². The molecule has 0 aliphatic heterocycles. The van der Waals surface area contributed by atoms with Gasteiger partial charge in [0, 0.05) is 6.54 Å². The van der Waals surface area contributed by atoms with Crippen molar-refractivity contribution in [3.05, 3.63) is 12.2 Å². The number of nitrogens with one attached hydrogen (secondary N) is 1. The molecule has 4 nitrogen and oxygen atoms in total. The van der Waals surface area contributed by atoms with Gasteiger partial charge in [-0.05, 0) is 30.6 Å². The summed E-state index contributed by atoms with van der Waals surface area (Å²) < 4.78 is 0. The van der Waals surface area contributed by atoms with Crippen molar-refractivity contribution in [1.82, 2.24) is 5.32 Å². The predicted octanol–water partition coefficient (Wildman–Crippen LogP) is 2.21. The van der Waals surface area contributed by atoms with Gasteiger partial charge in [0.2, 0.25) is 5.91 Å². The number of carbonyl (C=O) groups is 2. The third kappa shape index (κ3) is 4.17. The summed E-state index contributed by atoms with van der Waals surface area (Å²) in [6.07, 6.45) is 7.34. The lowest BCUT2D eigenvalue weighted by Crippen LogP contribution is -2.44. The smallest absolute Gasteiger partial charge is 0.316 e. The Hall–Kier alpha value is -1.32. The molecule has 1 aliphatic carbocycles. The van der Waals surface area contributed by atoms with Crippen molar-refractivity contribution in [2.75, 3.05) is 6.54 Å². The Kier molecular flexibility index (Phi) is 4.93. The fourth-order valence-electron chi connectivity index (χ4n) is 2.26. The first-order chi connectivity index (χ1) is 8.32. The van der Waals surface area contributed by atoms with Crippen LogP contribution in [0.2, 0.25) is 0 Å². The summed E-state index contributed by atoms with van der Waals surface area (Å²) in [4.78, 5) is 23.1. The molecule has 0 aromatic carbocycles. The Labute approximate surface area is 108 Å². The topological polar surface area (TPSA) is 66.4 Å². The SMILES string of the molecule is CC(C)(C)C(C(=O)O)C(=O)NCC1CC=CCC1. The van der Waals surface area contributed by atoms with Crippen LogP contribution < -0.4 is 5.32 Å². The lowest BCUT2D eigenvalue weighted by Gasteiger charge is -2.27. The number of allylic oxidation sites excluding steroid dienone is 2. The molecule has 102 valence electrons. The number of aliphatic carboxylic acids is 1. The van der Waals surface area contributed by atoms with E-state index in [0.29, 0.717) is 12.5 Å². The minimum Gasteiger partial charge on any atom is -0.481 e. The molecule has 2 N–H and O–H groups in total. The fraction of sp³-hybridized carbons (Fsp3) is 0.714. The van der Waals surface area contributed by atoms with Crippen LogP contribution in [-0.4, -0.2) is 23.5 Å². The van der Waals surface area contributed by atoms with E-state index >= 15 is 0 Å². The second kappa shape index (κ2) is 6.03. The highest BCUT2D eigenvalue weighted by atomic mass is 16.4. The van der Waals surface area contributed by atoms with Crippen LogP contribution in [0.4, 0.5) is 0 Å². The minimum atomic E-state index is -1.05. The lowest BCUT2D eigenvalue weighted by atomic mass is 9.80. The standard InChI is InChI=1S/C14H23NO3/c1-14(2,3)11(13(17)18)12(16)15-9-10-7-5-4-6-8-10/h4-5,10-11H,6-9H2,1-3H3,(H,15,16)(H,17,18). The van der Waals surface area contributed by atoms with E-state index in [1.165, 1.54) is 0 Å². The monoisotopic (exact) mass is 253 g/mol. The molecule has 0 heterocycles. The van der Waals surface area contributed by atoms with Gasteiger partial charge in [0.15, 0.2) is 0 Å². The third-order valence-electron chi connectivity index (χ3n) is 3.32. The molecular weight excluding hydrogens is 230 g/mol. The van der Waals surface area contributed by atoms with E-state index in [1.54, 1.807) is 20.8 Å². The second-order valence-electron chi connectivity index (χ2n) is 6.03. The van der Waals surface area contributed by atoms with Crippen molar-refractivity contribution >= 4 is 11.9 Å². The highest BCUT2D eigenvalue weighted by molar-refractivity contribution is 5.97. The van der Waals surface area contributed by atoms with Crippen molar-refractivity contribution in [2.24, 2.45) is 17.3 Å². The van der Waals surface area contributed by atoms with Crippen molar-refractivity contribution in [3.8, 4) is 0 Å². The number of rotatable bonds is 4. The van der Waals surface area contributed by atoms with Crippen LogP contribution in [0.25, 0.3) is 0 Å². The second-order valence-corrected chi connectivity index (χ2v) is 6.03. The van der Waals surface area contributed by atoms with Crippen LogP contribution in [0, 0.1) is 17.3 Å². The van der Waals surface area contributed by atoms with E-state index in [2.05, 4.69) is 17.5 Å². The molecule has 0 aromatic rings. The Bertz CT molecular complexity index is 341. The van der Waals surface area contributed by atoms with Gasteiger partial charge >= 0.3 is 5.97 Å². The maximum Gasteiger partial charge on any atom is 0.316 e. The van der Waals surface area contributed by atoms with Crippen molar-refractivity contribution < 1.29 is 14.7 Å². The summed E-state index contributed by atoms with van der Waals surface area (Å²) in [6, 6.07) is 0. The van der Waals surface area contributed by atoms with E-state index in [-0.39, 0.29) is 5.91 Å². The van der Waals surface area contributed by atoms with E-state index < -0.39 is 17.3 Å². The third-order valence-corrected chi connectivity index (χ3v) is 3.32. The van der Waals surface area contributed by atoms with Crippen LogP contribution in [0.5, 0.6) is 0 Å². The maximum atomic E-state index is 12.0. The normalized spacial score (nSPS) is 21.4. The number of amides is 1. The lowest BCUT2D eigenvalue weighted by molar-refractivity contribution is -0.151. The molecular formula is C14H23NO3. The van der Waals surface area contributed by atoms with Crippen LogP contribution in [0.15, 0.2) is 12.2 Å². The van der Waals surface area contributed by atoms with Crippen LogP contribution in [0.3, 0.4) is 0 Å². The zero-order valence-corrected chi connectivity index (χ0v) is 11.4. The molecule has 0 fully saturated rings. The first-order valence-corrected chi connectivity index (χ1v) is 6.48. The van der Waals surface area contributed by atoms with E-state index in [9.17, 15) is 9.59 Å². The predicted molar refractivity (Wildman–Crippen MR) is 70.1 cm³/mol. The van der Waals surface area contributed by atoms with Crippen molar-refractivity contribution in [2.45, 2.75) is 40.0 Å². The van der Waals surface area contributed by atoms with Gasteiger partial charge < -0.3 is 10.4 Å². The maximum absolute atomic E-state index is 12.0. The average Bonchev–Trinajstić information content (AvgIpc) is 2.25. The molecule has 18 heavy (non-hydrogen) atoms. The molecule has 4 heteroatoms. The molecule has 0 saturated heterocycles. The van der Waals surface area contributed by atoms with Gasteiger partial charge in [0.1, 0.15) is 5.92 Å². The van der Waals surface area contributed by atoms with E-state index in [0.717, 1.165) is 19.3 Å². The molecule has 1 rings (SSSR count). The van der Waals surface area contributed by atoms with Crippen molar-refractivity contribution in [3.63, 3.8) is 0 Å². The van der Waals surface area contributed by atoms with Crippen LogP contribution in [-0.2, 0) is 9.59 Å². The molecule has 0 spiro atoms. The highest BCUT2D eigenvalue weighted by Gasteiger charge is 2.37. The van der Waals surface area contributed by atoms with E-state index in [1.807, 2.05) is 0 Å². The van der Waals surface area contributed by atoms with Crippen LogP contribution in [0.1, 0.15) is 40.0 Å². The van der Waals surface area contributed by atoms with Gasteiger partial charge in [-0.1, -0.05) is 32.9 Å². The Morgan fingerprint density at radius 3 is 2.50 bits per heavy atom. The fourth-order valence-corrected chi connectivity index (χ4v) is 2.26. The quantitative estimate of drug-likeness (QED) is 0.596. The summed E-state index contributed by atoms with van der Waals surface area (Å²) in [5.74, 6) is -1.97. The van der Waals surface area contributed by atoms with Gasteiger partial charge in [0.05, 0.1) is 0 Å². The Morgan fingerprint density at radius 2 is 2.06 bits per heavy atom. The molecule has 2 atom stereocenters. The number of carboxylic acid groups (broad SMARTS) is 1. The minimum absolute atomic E-state index is 0.371. The number of carboxylic acids is 1. The summed E-state index contributed by atoms with van der Waals surface area (Å²) in [7, 11) is 0. The molecule has 1 amide bonds. The Balaban J connectivity index is 2.52. The molecule has 0 saturated carbocycles. The Morgan fingerprint density at radius 1 is 1.39 bits per heavy atom. The molecule has 0 radical (unpaired) electrons. The molecule has 1 aliphatic rings. The summed E-state index contributed by atoms with van der Waals surface area (Å²) in [5.41, 5.74) is -0.567. The van der Waals surface area contributed by atoms with E-state index in [4.69, 9.17) is 5.11 Å². The zero-order valence-electron chi connectivity index (χ0n) is 11.4. The summed E-state index contributed by atoms with van der Waals surface area (Å²) in [6.45, 7) is 5.89. The number of hydrogen-bond acceptors (Lipinski definition) is 2. The summed E-state index contributed by atoms with van der Waals surface area (Å²) in [5, 5.41) is 11.9. The molecule has 0 bridgehead atoms. The molecule has 0 aromatic heterocycles. The average molecular weight is 253 g/mol. The molecule has 2 unspecified atom stereocenters. The largest absolute Gasteiger partial charge is 0.481 e. The van der Waals surface area contributed by atoms with Crippen molar-refractivity contribution in [1.29, 1.82) is 0 Å². The van der Waals surface area contributed by atoms with Gasteiger partial charge in [-0.3, -0.25) is 9.59 Å². The first kappa shape index (κ1) is 14.7. The van der Waals surface area contributed by atoms with Gasteiger partial charge in [-0.2, -0.15) is 0 Å². The zero-order chi connectivity index (χ0) is 13.8. The van der Waals surface area contributed by atoms with Crippen LogP contribution >= 0.6 is 0 Å². The van der Waals surface area contributed by atoms with Gasteiger partial charge in [-0.15, -0.1) is 0 Å². The first-order valence-electron chi connectivity index (χ1n) is 6.48. The highest BCUT2D eigenvalue weighted by Crippen LogP contribution is 2.26.